The molecule has 1 saturated carbocycles. The maximum atomic E-state index is 11.6. The van der Waals surface area contributed by atoms with Crippen molar-refractivity contribution in [3.8, 4) is 0 Å². The summed E-state index contributed by atoms with van der Waals surface area (Å²) in [6.45, 7) is 3.75. The van der Waals surface area contributed by atoms with Crippen molar-refractivity contribution in [3.63, 3.8) is 0 Å². The standard InChI is InChI=1S/C14H26N2O3/c1-10(18)16-8-11(7-14(19)12-2-3-12)6-13(9-16)15-4-5-17/h11-15,17,19H,2-9H2,1H3. The fraction of sp³-hybridized carbons (Fsp3) is 0.929. The molecule has 3 N–H and O–H groups in total. The number of hydrogen-bond acceptors (Lipinski definition) is 4. The fourth-order valence-corrected chi connectivity index (χ4v) is 3.06. The summed E-state index contributed by atoms with van der Waals surface area (Å²) in [6.07, 6.45) is 3.88. The van der Waals surface area contributed by atoms with E-state index < -0.39 is 0 Å². The van der Waals surface area contributed by atoms with E-state index in [0.29, 0.717) is 24.9 Å². The van der Waals surface area contributed by atoms with Crippen molar-refractivity contribution in [2.24, 2.45) is 11.8 Å². The zero-order chi connectivity index (χ0) is 13.8. The number of piperidine rings is 1. The van der Waals surface area contributed by atoms with Gasteiger partial charge >= 0.3 is 0 Å². The molecule has 0 bridgehead atoms. The second-order valence-electron chi connectivity index (χ2n) is 6.04. The molecule has 5 nitrogen and oxygen atoms in total. The van der Waals surface area contributed by atoms with Gasteiger partial charge in [-0.15, -0.1) is 0 Å². The highest BCUT2D eigenvalue weighted by atomic mass is 16.3. The molecule has 2 fully saturated rings. The zero-order valence-electron chi connectivity index (χ0n) is 11.7. The third kappa shape index (κ3) is 4.44. The van der Waals surface area contributed by atoms with E-state index in [0.717, 1.165) is 32.2 Å². The molecule has 1 saturated heterocycles. The molecule has 3 atom stereocenters. The van der Waals surface area contributed by atoms with Crippen LogP contribution in [-0.2, 0) is 4.79 Å². The highest BCUT2D eigenvalue weighted by molar-refractivity contribution is 5.73. The summed E-state index contributed by atoms with van der Waals surface area (Å²) in [5.74, 6) is 0.961. The van der Waals surface area contributed by atoms with Crippen LogP contribution >= 0.6 is 0 Å². The predicted molar refractivity (Wildman–Crippen MR) is 72.6 cm³/mol. The van der Waals surface area contributed by atoms with E-state index in [2.05, 4.69) is 5.32 Å². The molecule has 5 heteroatoms. The molecule has 0 radical (unpaired) electrons. The number of carbonyl (C=O) groups excluding carboxylic acids is 1. The molecular weight excluding hydrogens is 244 g/mol. The van der Waals surface area contributed by atoms with Crippen molar-refractivity contribution in [1.29, 1.82) is 0 Å². The van der Waals surface area contributed by atoms with Gasteiger partial charge in [-0.25, -0.2) is 0 Å². The van der Waals surface area contributed by atoms with Gasteiger partial charge in [-0.3, -0.25) is 4.79 Å². The molecule has 1 heterocycles. The van der Waals surface area contributed by atoms with Crippen LogP contribution in [0.5, 0.6) is 0 Å². The Balaban J connectivity index is 1.87. The van der Waals surface area contributed by atoms with E-state index in [1.165, 1.54) is 0 Å². The molecule has 0 aromatic carbocycles. The summed E-state index contributed by atoms with van der Waals surface area (Å²) in [6, 6.07) is 0.237. The second-order valence-corrected chi connectivity index (χ2v) is 6.04. The Morgan fingerprint density at radius 2 is 2.16 bits per heavy atom. The number of likely N-dealkylation sites (tertiary alicyclic amines) is 1. The van der Waals surface area contributed by atoms with Crippen LogP contribution < -0.4 is 5.32 Å². The van der Waals surface area contributed by atoms with E-state index in [1.54, 1.807) is 6.92 Å². The van der Waals surface area contributed by atoms with Crippen molar-refractivity contribution in [2.75, 3.05) is 26.2 Å². The Kier molecular flexibility index (Phi) is 5.19. The van der Waals surface area contributed by atoms with Crippen LogP contribution in [0.2, 0.25) is 0 Å². The third-order valence-electron chi connectivity index (χ3n) is 4.27. The molecule has 0 aromatic rings. The van der Waals surface area contributed by atoms with Crippen molar-refractivity contribution < 1.29 is 15.0 Å². The van der Waals surface area contributed by atoms with E-state index in [4.69, 9.17) is 5.11 Å². The van der Waals surface area contributed by atoms with Gasteiger partial charge in [-0.2, -0.15) is 0 Å². The van der Waals surface area contributed by atoms with Crippen LogP contribution in [0.25, 0.3) is 0 Å². The van der Waals surface area contributed by atoms with Crippen LogP contribution in [0.3, 0.4) is 0 Å². The van der Waals surface area contributed by atoms with Gasteiger partial charge in [0.2, 0.25) is 5.91 Å². The fourth-order valence-electron chi connectivity index (χ4n) is 3.06. The highest BCUT2D eigenvalue weighted by Gasteiger charge is 2.34. The molecule has 19 heavy (non-hydrogen) atoms. The first-order chi connectivity index (χ1) is 9.10. The first kappa shape index (κ1) is 14.8. The molecule has 2 aliphatic rings. The van der Waals surface area contributed by atoms with Crippen molar-refractivity contribution in [1.82, 2.24) is 10.2 Å². The van der Waals surface area contributed by atoms with Crippen LogP contribution in [0.15, 0.2) is 0 Å². The van der Waals surface area contributed by atoms with Crippen molar-refractivity contribution >= 4 is 5.91 Å². The van der Waals surface area contributed by atoms with Crippen molar-refractivity contribution in [2.45, 2.75) is 44.8 Å². The molecule has 1 amide bonds. The third-order valence-corrected chi connectivity index (χ3v) is 4.27. The molecule has 3 unspecified atom stereocenters. The number of aliphatic hydroxyl groups excluding tert-OH is 2. The number of nitrogens with zero attached hydrogens (tertiary/aromatic N) is 1. The lowest BCUT2D eigenvalue weighted by Gasteiger charge is -2.38. The SMILES string of the molecule is CC(=O)N1CC(CC(O)C2CC2)CC(NCCO)C1. The molecule has 0 spiro atoms. The summed E-state index contributed by atoms with van der Waals surface area (Å²) >= 11 is 0. The van der Waals surface area contributed by atoms with Gasteiger partial charge in [-0.1, -0.05) is 0 Å². The Hall–Kier alpha value is -0.650. The lowest BCUT2D eigenvalue weighted by molar-refractivity contribution is -0.131. The smallest absolute Gasteiger partial charge is 0.219 e. The van der Waals surface area contributed by atoms with Crippen LogP contribution in [0.1, 0.15) is 32.6 Å². The van der Waals surface area contributed by atoms with Crippen molar-refractivity contribution in [3.05, 3.63) is 0 Å². The number of hydrogen-bond donors (Lipinski definition) is 3. The number of rotatable bonds is 6. The Morgan fingerprint density at radius 3 is 2.74 bits per heavy atom. The molecule has 2 rings (SSSR count). The van der Waals surface area contributed by atoms with E-state index in [-0.39, 0.29) is 24.7 Å². The van der Waals surface area contributed by atoms with Gasteiger partial charge in [0.05, 0.1) is 12.7 Å². The highest BCUT2D eigenvalue weighted by Crippen LogP contribution is 2.36. The Bertz CT molecular complexity index is 307. The maximum Gasteiger partial charge on any atom is 0.219 e. The van der Waals surface area contributed by atoms with Gasteiger partial charge < -0.3 is 20.4 Å². The molecule has 1 aliphatic carbocycles. The first-order valence-corrected chi connectivity index (χ1v) is 7.38. The average Bonchev–Trinajstić information content (AvgIpc) is 3.20. The van der Waals surface area contributed by atoms with Gasteiger partial charge in [0, 0.05) is 32.6 Å². The normalized spacial score (nSPS) is 29.3. The van der Waals surface area contributed by atoms with E-state index in [9.17, 15) is 9.90 Å². The minimum Gasteiger partial charge on any atom is -0.395 e. The lowest BCUT2D eigenvalue weighted by Crippen LogP contribution is -2.51. The molecular formula is C14H26N2O3. The number of carbonyl (C=O) groups is 1. The molecule has 110 valence electrons. The summed E-state index contributed by atoms with van der Waals surface area (Å²) in [7, 11) is 0. The van der Waals surface area contributed by atoms with E-state index >= 15 is 0 Å². The molecule has 0 aromatic heterocycles. The number of aliphatic hydroxyl groups is 2. The molecule has 1 aliphatic heterocycles. The predicted octanol–water partition coefficient (Wildman–Crippen LogP) is -0.0337. The zero-order valence-corrected chi connectivity index (χ0v) is 11.7. The second kappa shape index (κ2) is 6.68. The topological polar surface area (TPSA) is 72.8 Å². The summed E-state index contributed by atoms with van der Waals surface area (Å²) in [5, 5.41) is 22.2. The van der Waals surface area contributed by atoms with Crippen LogP contribution in [0.4, 0.5) is 0 Å². The average molecular weight is 270 g/mol. The number of amides is 1. The van der Waals surface area contributed by atoms with Crippen LogP contribution in [0, 0.1) is 11.8 Å². The lowest BCUT2D eigenvalue weighted by atomic mass is 9.88. The first-order valence-electron chi connectivity index (χ1n) is 7.38. The maximum absolute atomic E-state index is 11.6. The van der Waals surface area contributed by atoms with Gasteiger partial charge in [-0.05, 0) is 37.5 Å². The quantitative estimate of drug-likeness (QED) is 0.633. The Labute approximate surface area is 115 Å². The minimum absolute atomic E-state index is 0.0985. The van der Waals surface area contributed by atoms with E-state index in [1.807, 2.05) is 4.90 Å². The largest absolute Gasteiger partial charge is 0.395 e. The van der Waals surface area contributed by atoms with Gasteiger partial charge in [0.25, 0.3) is 0 Å². The van der Waals surface area contributed by atoms with Crippen LogP contribution in [-0.4, -0.2) is 59.4 Å². The summed E-state index contributed by atoms with van der Waals surface area (Å²) < 4.78 is 0. The monoisotopic (exact) mass is 270 g/mol. The van der Waals surface area contributed by atoms with Gasteiger partial charge in [0.15, 0.2) is 0 Å². The number of nitrogens with one attached hydrogen (secondary N) is 1. The van der Waals surface area contributed by atoms with Gasteiger partial charge in [0.1, 0.15) is 0 Å². The Morgan fingerprint density at radius 1 is 1.42 bits per heavy atom. The summed E-state index contributed by atoms with van der Waals surface area (Å²) in [4.78, 5) is 13.4. The minimum atomic E-state index is -0.199. The summed E-state index contributed by atoms with van der Waals surface area (Å²) in [5.41, 5.74) is 0.